The zero-order valence-electron chi connectivity index (χ0n) is 13.3. The summed E-state index contributed by atoms with van der Waals surface area (Å²) in [7, 11) is 1.99. The van der Waals surface area contributed by atoms with Gasteiger partial charge in [0.2, 0.25) is 5.95 Å². The molecule has 1 atom stereocenters. The van der Waals surface area contributed by atoms with Crippen LogP contribution in [0.15, 0.2) is 18.2 Å². The minimum absolute atomic E-state index is 0.131. The summed E-state index contributed by atoms with van der Waals surface area (Å²) in [5, 5.41) is 2.92. The first-order valence-electron chi connectivity index (χ1n) is 7.66. The Hall–Kier alpha value is -1.92. The van der Waals surface area contributed by atoms with Crippen molar-refractivity contribution in [1.82, 2.24) is 14.5 Å². The topological polar surface area (TPSA) is 59.4 Å². The number of anilines is 1. The van der Waals surface area contributed by atoms with Crippen molar-refractivity contribution in [3.05, 3.63) is 23.8 Å². The first-order chi connectivity index (χ1) is 10.6. The fourth-order valence-corrected chi connectivity index (χ4v) is 2.78. The molecular weight excluding hydrogens is 280 g/mol. The monoisotopic (exact) mass is 302 g/mol. The van der Waals surface area contributed by atoms with Crippen molar-refractivity contribution in [3.63, 3.8) is 0 Å². The number of carbonyl (C=O) groups is 1. The lowest BCUT2D eigenvalue weighted by Gasteiger charge is -2.28. The molecule has 1 fully saturated rings. The van der Waals surface area contributed by atoms with Crippen molar-refractivity contribution in [2.75, 3.05) is 32.1 Å². The Bertz CT molecular complexity index is 695. The Morgan fingerprint density at radius 1 is 1.50 bits per heavy atom. The van der Waals surface area contributed by atoms with Crippen LogP contribution < -0.4 is 5.32 Å². The highest BCUT2D eigenvalue weighted by atomic mass is 16.5. The van der Waals surface area contributed by atoms with E-state index in [1.165, 1.54) is 0 Å². The number of hydrogen-bond acceptors (Lipinski definition) is 4. The summed E-state index contributed by atoms with van der Waals surface area (Å²) in [6.07, 6.45) is -0.439. The Morgan fingerprint density at radius 2 is 2.32 bits per heavy atom. The van der Waals surface area contributed by atoms with Crippen LogP contribution in [-0.4, -0.2) is 53.2 Å². The molecule has 1 aromatic heterocycles. The number of aromatic nitrogens is 2. The van der Waals surface area contributed by atoms with Crippen LogP contribution in [-0.2, 0) is 16.1 Å². The largest absolute Gasteiger partial charge is 0.366 e. The number of morpholine rings is 1. The second-order valence-electron chi connectivity index (χ2n) is 5.78. The van der Waals surface area contributed by atoms with Gasteiger partial charge in [-0.15, -0.1) is 0 Å². The fourth-order valence-electron chi connectivity index (χ4n) is 2.78. The number of imidazole rings is 1. The van der Waals surface area contributed by atoms with E-state index in [2.05, 4.69) is 21.3 Å². The number of ether oxygens (including phenoxy) is 1. The zero-order valence-corrected chi connectivity index (χ0v) is 13.3. The smallest absolute Gasteiger partial charge is 0.257 e. The van der Waals surface area contributed by atoms with Crippen molar-refractivity contribution < 1.29 is 9.53 Å². The van der Waals surface area contributed by atoms with Crippen LogP contribution in [0.3, 0.4) is 0 Å². The van der Waals surface area contributed by atoms with E-state index in [9.17, 15) is 4.79 Å². The first-order valence-corrected chi connectivity index (χ1v) is 7.66. The molecule has 1 N–H and O–H groups in total. The maximum Gasteiger partial charge on any atom is 0.257 e. The number of nitrogens with one attached hydrogen (secondary N) is 1. The molecule has 22 heavy (non-hydrogen) atoms. The van der Waals surface area contributed by atoms with E-state index in [1.807, 2.05) is 37.6 Å². The number of nitrogens with zero attached hydrogens (tertiary/aromatic N) is 3. The van der Waals surface area contributed by atoms with Gasteiger partial charge in [0.05, 0.1) is 17.6 Å². The van der Waals surface area contributed by atoms with Gasteiger partial charge in [-0.05, 0) is 38.6 Å². The third-order valence-corrected chi connectivity index (χ3v) is 4.02. The number of aryl methyl sites for hydroxylation is 2. The van der Waals surface area contributed by atoms with Crippen LogP contribution in [0.25, 0.3) is 11.0 Å². The molecule has 2 heterocycles. The summed E-state index contributed by atoms with van der Waals surface area (Å²) in [5.74, 6) is 0.457. The summed E-state index contributed by atoms with van der Waals surface area (Å²) in [4.78, 5) is 19.1. The quantitative estimate of drug-likeness (QED) is 0.936. The number of likely N-dealkylation sites (N-methyl/N-ethyl adjacent to an activating group) is 1. The van der Waals surface area contributed by atoms with Crippen LogP contribution in [0.5, 0.6) is 0 Å². The molecule has 0 bridgehead atoms. The molecule has 6 heteroatoms. The molecule has 1 aromatic carbocycles. The summed E-state index contributed by atoms with van der Waals surface area (Å²) >= 11 is 0. The Labute approximate surface area is 130 Å². The number of carbonyl (C=O) groups excluding carboxylic acids is 1. The van der Waals surface area contributed by atoms with Crippen molar-refractivity contribution in [2.24, 2.45) is 0 Å². The van der Waals surface area contributed by atoms with Crippen LogP contribution in [0, 0.1) is 6.92 Å². The Balaban J connectivity index is 1.85. The fraction of sp³-hybridized carbons (Fsp3) is 0.500. The number of hydrogen-bond donors (Lipinski definition) is 1. The lowest BCUT2D eigenvalue weighted by Crippen LogP contribution is -2.46. The highest BCUT2D eigenvalue weighted by Gasteiger charge is 2.26. The van der Waals surface area contributed by atoms with Gasteiger partial charge in [0.15, 0.2) is 0 Å². The Kier molecular flexibility index (Phi) is 4.13. The van der Waals surface area contributed by atoms with Gasteiger partial charge in [-0.3, -0.25) is 10.1 Å². The van der Waals surface area contributed by atoms with Crippen molar-refractivity contribution >= 4 is 22.9 Å². The molecule has 2 aromatic rings. The van der Waals surface area contributed by atoms with Crippen molar-refractivity contribution in [3.8, 4) is 0 Å². The second-order valence-corrected chi connectivity index (χ2v) is 5.78. The number of amides is 1. The van der Waals surface area contributed by atoms with Crippen LogP contribution in [0.1, 0.15) is 12.5 Å². The van der Waals surface area contributed by atoms with E-state index in [0.717, 1.165) is 29.7 Å². The summed E-state index contributed by atoms with van der Waals surface area (Å²) < 4.78 is 7.57. The van der Waals surface area contributed by atoms with Crippen LogP contribution in [0.2, 0.25) is 0 Å². The lowest BCUT2D eigenvalue weighted by molar-refractivity contribution is -0.132. The van der Waals surface area contributed by atoms with Gasteiger partial charge < -0.3 is 14.2 Å². The highest BCUT2D eigenvalue weighted by molar-refractivity contribution is 5.94. The first kappa shape index (κ1) is 15.0. The third kappa shape index (κ3) is 2.84. The highest BCUT2D eigenvalue weighted by Crippen LogP contribution is 2.21. The summed E-state index contributed by atoms with van der Waals surface area (Å²) in [5.41, 5.74) is 3.09. The molecule has 3 rings (SSSR count). The van der Waals surface area contributed by atoms with E-state index in [4.69, 9.17) is 4.74 Å². The molecule has 1 aliphatic rings. The third-order valence-electron chi connectivity index (χ3n) is 4.02. The van der Waals surface area contributed by atoms with E-state index in [1.54, 1.807) is 0 Å². The standard InChI is InChI=1S/C16H22N4O2/c1-4-20-13-6-5-11(2)9-12(13)17-16(20)18-15(21)14-10-19(3)7-8-22-14/h5-6,9,14H,4,7-8,10H2,1-3H3,(H,17,18,21)/t14-/m0/s1. The molecule has 0 aliphatic carbocycles. The van der Waals surface area contributed by atoms with Gasteiger partial charge in [-0.1, -0.05) is 6.07 Å². The van der Waals surface area contributed by atoms with Gasteiger partial charge in [-0.2, -0.15) is 0 Å². The van der Waals surface area contributed by atoms with Gasteiger partial charge in [-0.25, -0.2) is 4.98 Å². The number of fused-ring (bicyclic) bond motifs is 1. The van der Waals surface area contributed by atoms with Crippen LogP contribution >= 0.6 is 0 Å². The van der Waals surface area contributed by atoms with Gasteiger partial charge in [0.1, 0.15) is 6.10 Å². The average Bonchev–Trinajstić information content (AvgIpc) is 2.83. The maximum absolute atomic E-state index is 12.4. The molecule has 1 saturated heterocycles. The van der Waals surface area contributed by atoms with Crippen molar-refractivity contribution in [2.45, 2.75) is 26.5 Å². The van der Waals surface area contributed by atoms with E-state index >= 15 is 0 Å². The second kappa shape index (κ2) is 6.06. The van der Waals surface area contributed by atoms with Crippen molar-refractivity contribution in [1.29, 1.82) is 0 Å². The lowest BCUT2D eigenvalue weighted by atomic mass is 10.2. The molecule has 1 amide bonds. The molecular formula is C16H22N4O2. The van der Waals surface area contributed by atoms with E-state index in [0.29, 0.717) is 19.1 Å². The molecule has 0 radical (unpaired) electrons. The SMILES string of the molecule is CCn1c(NC(=O)[C@@H]2CN(C)CCO2)nc2cc(C)ccc21. The van der Waals surface area contributed by atoms with Gasteiger partial charge >= 0.3 is 0 Å². The normalized spacial score (nSPS) is 19.5. The van der Waals surface area contributed by atoms with Crippen LogP contribution in [0.4, 0.5) is 5.95 Å². The molecule has 0 spiro atoms. The van der Waals surface area contributed by atoms with E-state index in [-0.39, 0.29) is 5.91 Å². The molecule has 118 valence electrons. The molecule has 0 saturated carbocycles. The molecule has 0 unspecified atom stereocenters. The van der Waals surface area contributed by atoms with E-state index < -0.39 is 6.10 Å². The predicted molar refractivity (Wildman–Crippen MR) is 86.0 cm³/mol. The zero-order chi connectivity index (χ0) is 15.7. The van der Waals surface area contributed by atoms with Gasteiger partial charge in [0, 0.05) is 19.6 Å². The number of rotatable bonds is 3. The Morgan fingerprint density at radius 3 is 3.05 bits per heavy atom. The molecule has 1 aliphatic heterocycles. The molecule has 6 nitrogen and oxygen atoms in total. The minimum atomic E-state index is -0.439. The van der Waals surface area contributed by atoms with Gasteiger partial charge in [0.25, 0.3) is 5.91 Å². The minimum Gasteiger partial charge on any atom is -0.366 e. The predicted octanol–water partition coefficient (Wildman–Crippen LogP) is 1.63. The summed E-state index contributed by atoms with van der Waals surface area (Å²) in [6.45, 7) is 6.88. The number of benzene rings is 1. The summed E-state index contributed by atoms with van der Waals surface area (Å²) in [6, 6.07) is 6.13. The average molecular weight is 302 g/mol. The maximum atomic E-state index is 12.4.